The molecule has 1 rings (SSSR count). The molecule has 0 bridgehead atoms. The van der Waals surface area contributed by atoms with E-state index in [0.29, 0.717) is 12.5 Å². The Hall–Kier alpha value is 0.407. The van der Waals surface area contributed by atoms with Crippen molar-refractivity contribution < 1.29 is 13.4 Å². The Labute approximate surface area is 124 Å². The molecule has 0 saturated carbocycles. The number of hydrogen-bond acceptors (Lipinski definition) is 5. The lowest BCUT2D eigenvalue weighted by atomic mass is 9.99. The minimum atomic E-state index is -2.51. The Balaban J connectivity index is 2.44. The number of rotatable bonds is 8. The van der Waals surface area contributed by atoms with Crippen LogP contribution in [-0.2, 0) is 13.4 Å². The van der Waals surface area contributed by atoms with Crippen LogP contribution >= 0.6 is 12.6 Å². The summed E-state index contributed by atoms with van der Waals surface area (Å²) in [5.41, 5.74) is 3.12. The van der Waals surface area contributed by atoms with Gasteiger partial charge in [0.05, 0.1) is 0 Å². The molecule has 0 radical (unpaired) electrons. The van der Waals surface area contributed by atoms with Crippen LogP contribution in [0.4, 0.5) is 0 Å². The smallest absolute Gasteiger partial charge is 0.373 e. The highest BCUT2D eigenvalue weighted by Gasteiger charge is 2.42. The largest absolute Gasteiger partial charge is 0.517 e. The van der Waals surface area contributed by atoms with E-state index in [4.69, 9.17) is 13.4 Å². The zero-order chi connectivity index (χ0) is 14.0. The van der Waals surface area contributed by atoms with Crippen LogP contribution in [0.25, 0.3) is 0 Å². The fraction of sp³-hybridized carbons (Fsp3) is 1.00. The average Bonchev–Trinajstić information content (AvgIpc) is 2.39. The Morgan fingerprint density at radius 3 is 2.89 bits per heavy atom. The van der Waals surface area contributed by atoms with E-state index in [9.17, 15) is 0 Å². The van der Waals surface area contributed by atoms with Gasteiger partial charge in [0.25, 0.3) is 0 Å². The number of nitrogens with one attached hydrogen (secondary N) is 1. The number of thiol groups is 1. The van der Waals surface area contributed by atoms with Crippen molar-refractivity contribution in [3.8, 4) is 0 Å². The van der Waals surface area contributed by atoms with Gasteiger partial charge in [-0.2, -0.15) is 12.6 Å². The monoisotopic (exact) mass is 307 g/mol. The molecule has 1 aliphatic rings. The van der Waals surface area contributed by atoms with E-state index in [2.05, 4.69) is 25.0 Å². The third kappa shape index (κ3) is 6.60. The Bertz CT molecular complexity index is 224. The fourth-order valence-electron chi connectivity index (χ4n) is 2.30. The summed E-state index contributed by atoms with van der Waals surface area (Å²) in [6.07, 6.45) is 5.84. The van der Waals surface area contributed by atoms with Crippen LogP contribution in [0.3, 0.4) is 0 Å². The van der Waals surface area contributed by atoms with Crippen molar-refractivity contribution in [3.05, 3.63) is 0 Å². The molecule has 1 aliphatic heterocycles. The van der Waals surface area contributed by atoms with Crippen molar-refractivity contribution in [1.29, 1.82) is 0 Å². The first-order chi connectivity index (χ1) is 9.26. The molecule has 1 heterocycles. The van der Waals surface area contributed by atoms with Crippen molar-refractivity contribution in [3.63, 3.8) is 0 Å². The molecule has 0 amide bonds. The molecule has 19 heavy (non-hydrogen) atoms. The average molecular weight is 308 g/mol. The molecular weight excluding hydrogens is 278 g/mol. The van der Waals surface area contributed by atoms with Crippen molar-refractivity contribution in [2.45, 2.75) is 52.0 Å². The highest BCUT2D eigenvalue weighted by molar-refractivity contribution is 7.80. The van der Waals surface area contributed by atoms with Gasteiger partial charge in [-0.15, -0.1) is 0 Å². The summed E-state index contributed by atoms with van der Waals surface area (Å²) in [6.45, 7) is 6.53. The van der Waals surface area contributed by atoms with E-state index in [0.717, 1.165) is 37.8 Å². The van der Waals surface area contributed by atoms with Crippen LogP contribution in [0, 0.1) is 5.92 Å². The van der Waals surface area contributed by atoms with Crippen LogP contribution in [0.2, 0.25) is 6.04 Å². The summed E-state index contributed by atoms with van der Waals surface area (Å²) in [4.78, 5) is 0. The van der Waals surface area contributed by atoms with Crippen molar-refractivity contribution in [2.75, 3.05) is 25.5 Å². The van der Waals surface area contributed by atoms with Gasteiger partial charge in [0, 0.05) is 25.8 Å². The van der Waals surface area contributed by atoms with Gasteiger partial charge in [0.2, 0.25) is 0 Å². The first kappa shape index (κ1) is 17.5. The first-order valence-corrected chi connectivity index (χ1v) is 10.1. The normalized spacial score (nSPS) is 28.9. The van der Waals surface area contributed by atoms with Crippen LogP contribution in [0.1, 0.15) is 46.0 Å². The van der Waals surface area contributed by atoms with Gasteiger partial charge in [0.1, 0.15) is 0 Å². The molecule has 1 fully saturated rings. The Morgan fingerprint density at radius 2 is 2.21 bits per heavy atom. The summed E-state index contributed by atoms with van der Waals surface area (Å²) >= 11 is 4.26. The maximum Gasteiger partial charge on any atom is 0.517 e. The van der Waals surface area contributed by atoms with Gasteiger partial charge in [0.15, 0.2) is 0 Å². The zero-order valence-corrected chi connectivity index (χ0v) is 14.2. The highest BCUT2D eigenvalue weighted by Crippen LogP contribution is 2.22. The van der Waals surface area contributed by atoms with Gasteiger partial charge in [-0.05, 0) is 37.9 Å². The molecule has 4 nitrogen and oxygen atoms in total. The van der Waals surface area contributed by atoms with Gasteiger partial charge in [-0.3, -0.25) is 4.53 Å². The van der Waals surface area contributed by atoms with E-state index >= 15 is 0 Å². The lowest BCUT2D eigenvalue weighted by molar-refractivity contribution is -0.00153. The second-order valence-electron chi connectivity index (χ2n) is 5.04. The van der Waals surface area contributed by atoms with Crippen LogP contribution in [-0.4, -0.2) is 34.3 Å². The molecule has 0 aromatic rings. The van der Waals surface area contributed by atoms with Gasteiger partial charge >= 0.3 is 8.80 Å². The minimum absolute atomic E-state index is 0.639. The lowest BCUT2D eigenvalue weighted by Gasteiger charge is -2.32. The maximum atomic E-state index is 6.02. The molecule has 0 aromatic carbocycles. The predicted octanol–water partition coefficient (Wildman–Crippen LogP) is 3.03. The first-order valence-electron chi connectivity index (χ1n) is 7.56. The third-order valence-electron chi connectivity index (χ3n) is 3.42. The van der Waals surface area contributed by atoms with E-state index in [-0.39, 0.29) is 0 Å². The minimum Gasteiger partial charge on any atom is -0.373 e. The number of unbranched alkanes of at least 4 members (excludes halogenated alkanes) is 1. The third-order valence-corrected chi connectivity index (χ3v) is 6.53. The van der Waals surface area contributed by atoms with Crippen molar-refractivity contribution in [1.82, 2.24) is 5.48 Å². The van der Waals surface area contributed by atoms with Crippen LogP contribution < -0.4 is 5.48 Å². The number of hydroxylamine groups is 1. The zero-order valence-electron chi connectivity index (χ0n) is 12.3. The van der Waals surface area contributed by atoms with Gasteiger partial charge in [-0.1, -0.05) is 19.8 Å². The van der Waals surface area contributed by atoms with Gasteiger partial charge < -0.3 is 8.85 Å². The van der Waals surface area contributed by atoms with Crippen LogP contribution in [0.15, 0.2) is 0 Å². The van der Waals surface area contributed by atoms with E-state index in [1.54, 1.807) is 0 Å². The molecule has 6 heteroatoms. The summed E-state index contributed by atoms with van der Waals surface area (Å²) in [7, 11) is -2.51. The summed E-state index contributed by atoms with van der Waals surface area (Å²) in [5.74, 6) is 1.49. The molecule has 1 N–H and O–H groups in total. The molecule has 0 aliphatic carbocycles. The standard InChI is InChI=1S/C13H29NO3SSi/c1-3-5-7-13-8-9-16-19(15-4-2,11-6-10-18)17-14-12-13/h13-14,18H,3-12H2,1-2H3. The van der Waals surface area contributed by atoms with Gasteiger partial charge in [-0.25, -0.2) is 5.48 Å². The number of hydrogen-bond donors (Lipinski definition) is 2. The highest BCUT2D eigenvalue weighted by atomic mass is 32.1. The summed E-state index contributed by atoms with van der Waals surface area (Å²) in [5, 5.41) is 0. The molecule has 2 atom stereocenters. The summed E-state index contributed by atoms with van der Waals surface area (Å²) < 4.78 is 17.7. The summed E-state index contributed by atoms with van der Waals surface area (Å²) in [6, 6.07) is 0.844. The predicted molar refractivity (Wildman–Crippen MR) is 83.3 cm³/mol. The second-order valence-corrected chi connectivity index (χ2v) is 8.13. The van der Waals surface area contributed by atoms with E-state index < -0.39 is 8.80 Å². The van der Waals surface area contributed by atoms with E-state index in [1.165, 1.54) is 19.3 Å². The topological polar surface area (TPSA) is 39.7 Å². The van der Waals surface area contributed by atoms with E-state index in [1.807, 2.05) is 6.92 Å². The van der Waals surface area contributed by atoms with Crippen molar-refractivity contribution >= 4 is 21.4 Å². The molecular formula is C13H29NO3SSi. The maximum absolute atomic E-state index is 6.02. The quantitative estimate of drug-likeness (QED) is 0.534. The molecule has 0 aromatic heterocycles. The SMILES string of the molecule is CCCCC1CCO[Si](CCCS)(OCC)ONC1. The van der Waals surface area contributed by atoms with Crippen LogP contribution in [0.5, 0.6) is 0 Å². The lowest BCUT2D eigenvalue weighted by Crippen LogP contribution is -2.52. The molecule has 1 saturated heterocycles. The molecule has 2 unspecified atom stereocenters. The molecule has 0 spiro atoms. The second kappa shape index (κ2) is 10.2. The Morgan fingerprint density at radius 1 is 1.37 bits per heavy atom. The Kier molecular flexibility index (Phi) is 9.35. The molecule has 114 valence electrons. The van der Waals surface area contributed by atoms with Crippen molar-refractivity contribution in [2.24, 2.45) is 5.92 Å². The fourth-order valence-corrected chi connectivity index (χ4v) is 5.13.